The van der Waals surface area contributed by atoms with E-state index in [-0.39, 0.29) is 5.56 Å². The van der Waals surface area contributed by atoms with Gasteiger partial charge in [0.1, 0.15) is 6.10 Å². The van der Waals surface area contributed by atoms with Gasteiger partial charge in [-0.3, -0.25) is 27.9 Å². The van der Waals surface area contributed by atoms with Crippen molar-refractivity contribution in [2.75, 3.05) is 19.8 Å². The number of H-pyrrole nitrogens is 1. The van der Waals surface area contributed by atoms with E-state index in [0.29, 0.717) is 0 Å². The van der Waals surface area contributed by atoms with Gasteiger partial charge in [-0.05, 0) is 13.0 Å². The Morgan fingerprint density at radius 2 is 1.63 bits per heavy atom. The van der Waals surface area contributed by atoms with E-state index >= 15 is 0 Å². The Hall–Kier alpha value is -1.93. The molecule has 1 aliphatic rings. The maximum absolute atomic E-state index is 12.3. The molecule has 0 aliphatic carbocycles. The molecule has 170 valence electrons. The Balaban J connectivity index is 2.02. The average molecular weight is 468 g/mol. The third-order valence-electron chi connectivity index (χ3n) is 3.39. The molecule has 1 aromatic heterocycles. The number of nitrogens with one attached hydrogen (secondary N) is 1. The number of aryl methyl sites for hydroxylation is 1. The smallest absolute Gasteiger partial charge is 0.344 e. The number of alkyl halides is 6. The van der Waals surface area contributed by atoms with Crippen LogP contribution in [-0.2, 0) is 22.9 Å². The van der Waals surface area contributed by atoms with Gasteiger partial charge in [-0.1, -0.05) is 6.08 Å². The molecule has 0 aromatic carbocycles. The first kappa shape index (κ1) is 24.3. The molecule has 2 atom stereocenters. The second-order valence-corrected chi connectivity index (χ2v) is 7.62. The molecular weight excluding hydrogens is 453 g/mol. The fourth-order valence-electron chi connectivity index (χ4n) is 2.10. The lowest BCUT2D eigenvalue weighted by Gasteiger charge is -2.21. The van der Waals surface area contributed by atoms with Crippen molar-refractivity contribution in [1.29, 1.82) is 0 Å². The van der Waals surface area contributed by atoms with E-state index in [1.54, 1.807) is 0 Å². The lowest BCUT2D eigenvalue weighted by molar-refractivity contribution is -0.171. The summed E-state index contributed by atoms with van der Waals surface area (Å²) in [4.78, 5) is 25.2. The highest BCUT2D eigenvalue weighted by atomic mass is 31.2. The molecule has 1 N–H and O–H groups in total. The van der Waals surface area contributed by atoms with Gasteiger partial charge < -0.3 is 4.74 Å². The minimum Gasteiger partial charge on any atom is -0.344 e. The number of ether oxygens (including phenoxy) is 1. The van der Waals surface area contributed by atoms with Crippen LogP contribution >= 0.6 is 7.82 Å². The predicted molar refractivity (Wildman–Crippen MR) is 86.7 cm³/mol. The van der Waals surface area contributed by atoms with E-state index < -0.39 is 63.6 Å². The fourth-order valence-corrected chi connectivity index (χ4v) is 3.26. The van der Waals surface area contributed by atoms with Gasteiger partial charge in [-0.15, -0.1) is 0 Å². The molecule has 0 radical (unpaired) electrons. The van der Waals surface area contributed by atoms with Gasteiger partial charge in [-0.25, -0.2) is 9.36 Å². The number of rotatable bonds is 8. The average Bonchev–Trinajstić information content (AvgIpc) is 3.08. The molecule has 0 bridgehead atoms. The third kappa shape index (κ3) is 7.40. The first-order chi connectivity index (χ1) is 13.7. The zero-order chi connectivity index (χ0) is 22.7. The van der Waals surface area contributed by atoms with E-state index in [2.05, 4.69) is 13.6 Å². The molecule has 0 fully saturated rings. The maximum atomic E-state index is 12.3. The topological polar surface area (TPSA) is 109 Å². The summed E-state index contributed by atoms with van der Waals surface area (Å²) in [5.74, 6) is 0. The molecule has 0 spiro atoms. The second kappa shape index (κ2) is 9.06. The summed E-state index contributed by atoms with van der Waals surface area (Å²) in [5, 5.41) is 0. The number of phosphoric acid groups is 1. The van der Waals surface area contributed by atoms with Crippen LogP contribution in [0.5, 0.6) is 0 Å². The Morgan fingerprint density at radius 3 is 2.17 bits per heavy atom. The van der Waals surface area contributed by atoms with Gasteiger partial charge in [0, 0.05) is 11.8 Å². The SMILES string of the molecule is Cc1cn([C@H]2C=C[C@@H](COP(=O)(OCC(F)(F)F)OCC(F)(F)F)O2)c(=O)[nH]c1=O. The normalized spacial score (nSPS) is 20.1. The summed E-state index contributed by atoms with van der Waals surface area (Å²) in [6.45, 7) is -3.73. The number of phosphoric ester groups is 1. The maximum Gasteiger partial charge on any atom is 0.475 e. The van der Waals surface area contributed by atoms with Crippen LogP contribution in [0, 0.1) is 6.92 Å². The zero-order valence-electron chi connectivity index (χ0n) is 15.0. The molecule has 2 rings (SSSR count). The third-order valence-corrected chi connectivity index (χ3v) is 4.75. The molecule has 30 heavy (non-hydrogen) atoms. The Morgan fingerprint density at radius 1 is 1.07 bits per heavy atom. The van der Waals surface area contributed by atoms with Crippen LogP contribution in [0.4, 0.5) is 26.3 Å². The lowest BCUT2D eigenvalue weighted by atomic mass is 10.3. The van der Waals surface area contributed by atoms with Crippen LogP contribution in [0.2, 0.25) is 0 Å². The van der Waals surface area contributed by atoms with Crippen LogP contribution in [0.3, 0.4) is 0 Å². The first-order valence-corrected chi connectivity index (χ1v) is 9.46. The molecular formula is C14H15F6N2O7P. The largest absolute Gasteiger partial charge is 0.475 e. The monoisotopic (exact) mass is 468 g/mol. The van der Waals surface area contributed by atoms with Gasteiger partial charge in [0.2, 0.25) is 0 Å². The molecule has 0 saturated heterocycles. The molecule has 16 heteroatoms. The Bertz CT molecular complexity index is 916. The van der Waals surface area contributed by atoms with E-state index in [1.807, 2.05) is 4.98 Å². The predicted octanol–water partition coefficient (Wildman–Crippen LogP) is 2.58. The standard InChI is InChI=1S/C14H15F6N2O7P/c1-8-4-22(12(24)21-11(8)23)10-3-2-9(29-10)5-26-30(25,27-6-13(15,16)17)28-7-14(18,19)20/h2-4,9-10H,5-7H2,1H3,(H,21,23,24)/t9-,10+/m0/s1. The summed E-state index contributed by atoms with van der Waals surface area (Å²) < 4.78 is 104. The summed E-state index contributed by atoms with van der Waals surface area (Å²) in [6, 6.07) is 0. The molecule has 0 saturated carbocycles. The summed E-state index contributed by atoms with van der Waals surface area (Å²) >= 11 is 0. The quantitative estimate of drug-likeness (QED) is 0.355. The zero-order valence-corrected chi connectivity index (χ0v) is 15.9. The van der Waals surface area contributed by atoms with Gasteiger partial charge >= 0.3 is 25.9 Å². The highest BCUT2D eigenvalue weighted by molar-refractivity contribution is 7.48. The van der Waals surface area contributed by atoms with Crippen molar-refractivity contribution in [3.8, 4) is 0 Å². The first-order valence-electron chi connectivity index (χ1n) is 8.00. The molecule has 0 amide bonds. The van der Waals surface area contributed by atoms with Gasteiger partial charge in [-0.2, -0.15) is 26.3 Å². The van der Waals surface area contributed by atoms with Crippen molar-refractivity contribution in [1.82, 2.24) is 9.55 Å². The summed E-state index contributed by atoms with van der Waals surface area (Å²) in [6.07, 6.45) is -8.43. The van der Waals surface area contributed by atoms with Crippen LogP contribution in [0.25, 0.3) is 0 Å². The second-order valence-electron chi connectivity index (χ2n) is 5.95. The number of halogens is 6. The Kier molecular flexibility index (Phi) is 7.35. The molecule has 0 unspecified atom stereocenters. The lowest BCUT2D eigenvalue weighted by Crippen LogP contribution is -2.33. The highest BCUT2D eigenvalue weighted by Gasteiger charge is 2.40. The van der Waals surface area contributed by atoms with E-state index in [0.717, 1.165) is 4.57 Å². The number of aromatic amines is 1. The van der Waals surface area contributed by atoms with E-state index in [1.165, 1.54) is 25.3 Å². The van der Waals surface area contributed by atoms with Crippen molar-refractivity contribution >= 4 is 7.82 Å². The minimum absolute atomic E-state index is 0.178. The number of aromatic nitrogens is 2. The van der Waals surface area contributed by atoms with Crippen molar-refractivity contribution in [3.05, 3.63) is 44.8 Å². The van der Waals surface area contributed by atoms with Crippen molar-refractivity contribution in [2.45, 2.75) is 31.6 Å². The van der Waals surface area contributed by atoms with E-state index in [4.69, 9.17) is 4.74 Å². The van der Waals surface area contributed by atoms with Gasteiger partial charge in [0.15, 0.2) is 19.4 Å². The highest BCUT2D eigenvalue weighted by Crippen LogP contribution is 2.51. The fraction of sp³-hybridized carbons (Fsp3) is 0.571. The number of hydrogen-bond acceptors (Lipinski definition) is 7. The van der Waals surface area contributed by atoms with Gasteiger partial charge in [0.25, 0.3) is 5.56 Å². The van der Waals surface area contributed by atoms with Crippen LogP contribution in [-0.4, -0.2) is 47.8 Å². The summed E-state index contributed by atoms with van der Waals surface area (Å²) in [5.41, 5.74) is -1.27. The van der Waals surface area contributed by atoms with Crippen LogP contribution in [0.15, 0.2) is 27.9 Å². The molecule has 2 heterocycles. The molecule has 1 aliphatic heterocycles. The van der Waals surface area contributed by atoms with Crippen molar-refractivity contribution in [3.63, 3.8) is 0 Å². The van der Waals surface area contributed by atoms with Crippen molar-refractivity contribution < 1.29 is 49.2 Å². The van der Waals surface area contributed by atoms with Crippen LogP contribution in [0.1, 0.15) is 11.8 Å². The Labute approximate surface area is 163 Å². The molecule has 9 nitrogen and oxygen atoms in total. The number of nitrogens with zero attached hydrogens (tertiary/aromatic N) is 1. The summed E-state index contributed by atoms with van der Waals surface area (Å²) in [7, 11) is -5.25. The van der Waals surface area contributed by atoms with E-state index in [9.17, 15) is 40.5 Å². The van der Waals surface area contributed by atoms with Crippen LogP contribution < -0.4 is 11.2 Å². The molecule has 1 aromatic rings. The van der Waals surface area contributed by atoms with Gasteiger partial charge in [0.05, 0.1) is 6.61 Å². The number of hydrogen-bond donors (Lipinski definition) is 1. The van der Waals surface area contributed by atoms with Crippen molar-refractivity contribution in [2.24, 2.45) is 0 Å². The minimum atomic E-state index is -5.25.